The minimum absolute atomic E-state index is 0.883. The maximum atomic E-state index is 2.24. The predicted octanol–water partition coefficient (Wildman–Crippen LogP) is 3.59. The van der Waals surface area contributed by atoms with Crippen molar-refractivity contribution in [2.75, 3.05) is 6.26 Å². The number of hydrogen-bond acceptors (Lipinski definition) is 1. The molecule has 64 valence electrons. The smallest absolute Gasteiger partial charge is 0.0107 e. The third kappa shape index (κ3) is 1.38. The first-order chi connectivity index (χ1) is 5.83. The van der Waals surface area contributed by atoms with Crippen LogP contribution >= 0.6 is 11.8 Å². The van der Waals surface area contributed by atoms with Crippen LogP contribution in [-0.4, -0.2) is 6.26 Å². The van der Waals surface area contributed by atoms with Gasteiger partial charge in [0.25, 0.3) is 0 Å². The van der Waals surface area contributed by atoms with Gasteiger partial charge in [-0.1, -0.05) is 12.1 Å². The van der Waals surface area contributed by atoms with Gasteiger partial charge in [-0.15, -0.1) is 11.8 Å². The topological polar surface area (TPSA) is 0 Å². The molecule has 1 aliphatic rings. The fourth-order valence-electron chi connectivity index (χ4n) is 1.73. The molecule has 1 aliphatic carbocycles. The highest BCUT2D eigenvalue weighted by atomic mass is 32.2. The fourth-order valence-corrected chi connectivity index (χ4v) is 2.49. The van der Waals surface area contributed by atoms with Crippen molar-refractivity contribution in [3.8, 4) is 0 Å². The summed E-state index contributed by atoms with van der Waals surface area (Å²) in [6.45, 7) is 2.23. The van der Waals surface area contributed by atoms with Gasteiger partial charge in [-0.05, 0) is 49.1 Å². The van der Waals surface area contributed by atoms with Crippen molar-refractivity contribution in [1.29, 1.82) is 0 Å². The molecule has 0 N–H and O–H groups in total. The van der Waals surface area contributed by atoms with Gasteiger partial charge in [0.15, 0.2) is 0 Å². The average molecular weight is 178 g/mol. The van der Waals surface area contributed by atoms with Crippen LogP contribution in [0.3, 0.4) is 0 Å². The van der Waals surface area contributed by atoms with Crippen LogP contribution in [0.25, 0.3) is 0 Å². The van der Waals surface area contributed by atoms with Gasteiger partial charge >= 0.3 is 0 Å². The molecule has 0 aromatic heterocycles. The molecular weight excluding hydrogens is 164 g/mol. The second kappa shape index (κ2) is 3.14. The molecular formula is C11H14S. The molecule has 0 heterocycles. The first kappa shape index (κ1) is 8.18. The Hall–Kier alpha value is -0.430. The van der Waals surface area contributed by atoms with Crippen LogP contribution in [0.1, 0.15) is 29.9 Å². The SMILES string of the molecule is CSc1cccc(C)c1C1CC1. The molecule has 1 aromatic carbocycles. The van der Waals surface area contributed by atoms with Crippen LogP contribution in [0, 0.1) is 6.92 Å². The highest BCUT2D eigenvalue weighted by Crippen LogP contribution is 2.45. The van der Waals surface area contributed by atoms with Gasteiger partial charge in [0, 0.05) is 4.90 Å². The Labute approximate surface area is 78.4 Å². The molecule has 2 rings (SSSR count). The van der Waals surface area contributed by atoms with Gasteiger partial charge in [-0.3, -0.25) is 0 Å². The van der Waals surface area contributed by atoms with E-state index in [0.29, 0.717) is 0 Å². The number of aryl methyl sites for hydroxylation is 1. The molecule has 0 nitrogen and oxygen atoms in total. The van der Waals surface area contributed by atoms with E-state index in [-0.39, 0.29) is 0 Å². The zero-order chi connectivity index (χ0) is 8.55. The minimum atomic E-state index is 0.883. The zero-order valence-corrected chi connectivity index (χ0v) is 8.45. The lowest BCUT2D eigenvalue weighted by Crippen LogP contribution is -1.88. The largest absolute Gasteiger partial charge is 0.129 e. The van der Waals surface area contributed by atoms with E-state index in [1.165, 1.54) is 23.3 Å². The number of thioether (sulfide) groups is 1. The Kier molecular flexibility index (Phi) is 2.14. The third-order valence-corrected chi connectivity index (χ3v) is 3.29. The summed E-state index contributed by atoms with van der Waals surface area (Å²) in [5.74, 6) is 0.883. The van der Waals surface area contributed by atoms with Gasteiger partial charge < -0.3 is 0 Å². The quantitative estimate of drug-likeness (QED) is 0.624. The summed E-state index contributed by atoms with van der Waals surface area (Å²) in [6, 6.07) is 6.63. The van der Waals surface area contributed by atoms with E-state index < -0.39 is 0 Å². The molecule has 0 bridgehead atoms. The van der Waals surface area contributed by atoms with Crippen molar-refractivity contribution in [3.05, 3.63) is 29.3 Å². The van der Waals surface area contributed by atoms with Crippen molar-refractivity contribution >= 4 is 11.8 Å². The highest BCUT2D eigenvalue weighted by Gasteiger charge is 2.26. The van der Waals surface area contributed by atoms with E-state index in [1.807, 2.05) is 11.8 Å². The highest BCUT2D eigenvalue weighted by molar-refractivity contribution is 7.98. The number of hydrogen-bond donors (Lipinski definition) is 0. The molecule has 0 radical (unpaired) electrons. The molecule has 0 unspecified atom stereocenters. The normalized spacial score (nSPS) is 16.5. The maximum Gasteiger partial charge on any atom is 0.0107 e. The molecule has 0 spiro atoms. The van der Waals surface area contributed by atoms with Crippen molar-refractivity contribution < 1.29 is 0 Å². The third-order valence-electron chi connectivity index (χ3n) is 2.49. The van der Waals surface area contributed by atoms with Gasteiger partial charge in [-0.25, -0.2) is 0 Å². The van der Waals surface area contributed by atoms with Crippen molar-refractivity contribution in [1.82, 2.24) is 0 Å². The van der Waals surface area contributed by atoms with Gasteiger partial charge in [0.1, 0.15) is 0 Å². The first-order valence-corrected chi connectivity index (χ1v) is 5.69. The molecule has 0 amide bonds. The van der Waals surface area contributed by atoms with Crippen LogP contribution in [0.2, 0.25) is 0 Å². The molecule has 12 heavy (non-hydrogen) atoms. The van der Waals surface area contributed by atoms with Crippen molar-refractivity contribution in [2.45, 2.75) is 30.6 Å². The van der Waals surface area contributed by atoms with Crippen LogP contribution < -0.4 is 0 Å². The summed E-state index contributed by atoms with van der Waals surface area (Å²) in [4.78, 5) is 1.48. The summed E-state index contributed by atoms with van der Waals surface area (Å²) in [6.07, 6.45) is 4.97. The summed E-state index contributed by atoms with van der Waals surface area (Å²) in [5.41, 5.74) is 3.09. The first-order valence-electron chi connectivity index (χ1n) is 4.46. The van der Waals surface area contributed by atoms with E-state index in [9.17, 15) is 0 Å². The van der Waals surface area contributed by atoms with E-state index in [0.717, 1.165) is 5.92 Å². The molecule has 0 aliphatic heterocycles. The van der Waals surface area contributed by atoms with Gasteiger partial charge in [0.2, 0.25) is 0 Å². The fraction of sp³-hybridized carbons (Fsp3) is 0.455. The molecule has 1 saturated carbocycles. The van der Waals surface area contributed by atoms with E-state index in [4.69, 9.17) is 0 Å². The van der Waals surface area contributed by atoms with Gasteiger partial charge in [-0.2, -0.15) is 0 Å². The molecule has 0 atom stereocenters. The summed E-state index contributed by atoms with van der Waals surface area (Å²) < 4.78 is 0. The average Bonchev–Trinajstić information content (AvgIpc) is 2.87. The standard InChI is InChI=1S/C11H14S/c1-8-4-3-5-10(12-2)11(8)9-6-7-9/h3-5,9H,6-7H2,1-2H3. The van der Waals surface area contributed by atoms with Crippen LogP contribution in [0.15, 0.2) is 23.1 Å². The van der Waals surface area contributed by atoms with Gasteiger partial charge in [0.05, 0.1) is 0 Å². The predicted molar refractivity (Wildman–Crippen MR) is 54.9 cm³/mol. The van der Waals surface area contributed by atoms with E-state index >= 15 is 0 Å². The monoisotopic (exact) mass is 178 g/mol. The summed E-state index contributed by atoms with van der Waals surface area (Å²) in [5, 5.41) is 0. The molecule has 0 saturated heterocycles. The van der Waals surface area contributed by atoms with E-state index in [1.54, 1.807) is 5.56 Å². The second-order valence-corrected chi connectivity index (χ2v) is 4.31. The van der Waals surface area contributed by atoms with Crippen molar-refractivity contribution in [3.63, 3.8) is 0 Å². The Balaban J connectivity index is 2.45. The molecule has 1 fully saturated rings. The lowest BCUT2D eigenvalue weighted by atomic mass is 10.0. The van der Waals surface area contributed by atoms with Crippen LogP contribution in [-0.2, 0) is 0 Å². The van der Waals surface area contributed by atoms with E-state index in [2.05, 4.69) is 31.4 Å². The Morgan fingerprint density at radius 1 is 1.33 bits per heavy atom. The molecule has 1 heteroatoms. The number of rotatable bonds is 2. The Morgan fingerprint density at radius 2 is 2.08 bits per heavy atom. The lowest BCUT2D eigenvalue weighted by Gasteiger charge is -2.08. The Bertz CT molecular complexity index is 287. The minimum Gasteiger partial charge on any atom is -0.129 e. The molecule has 1 aromatic rings. The number of benzene rings is 1. The summed E-state index contributed by atoms with van der Waals surface area (Å²) >= 11 is 1.88. The zero-order valence-electron chi connectivity index (χ0n) is 7.63. The Morgan fingerprint density at radius 3 is 2.67 bits per heavy atom. The summed E-state index contributed by atoms with van der Waals surface area (Å²) in [7, 11) is 0. The van der Waals surface area contributed by atoms with Crippen LogP contribution in [0.5, 0.6) is 0 Å². The van der Waals surface area contributed by atoms with Crippen LogP contribution in [0.4, 0.5) is 0 Å². The lowest BCUT2D eigenvalue weighted by molar-refractivity contribution is 1.04. The second-order valence-electron chi connectivity index (χ2n) is 3.47. The maximum absolute atomic E-state index is 2.24. The van der Waals surface area contributed by atoms with Crippen molar-refractivity contribution in [2.24, 2.45) is 0 Å².